The van der Waals surface area contributed by atoms with Crippen molar-refractivity contribution in [2.75, 3.05) is 13.6 Å². The average Bonchev–Trinajstić information content (AvgIpc) is 2.61. The summed E-state index contributed by atoms with van der Waals surface area (Å²) < 4.78 is 5.91. The van der Waals surface area contributed by atoms with Crippen LogP contribution in [0.2, 0.25) is 0 Å². The minimum Gasteiger partial charge on any atom is -0.481 e. The fraction of sp³-hybridized carbons (Fsp3) is 0.350. The summed E-state index contributed by atoms with van der Waals surface area (Å²) in [6.07, 6.45) is 0.244. The molecule has 0 spiro atoms. The number of hydrogen-bond acceptors (Lipinski definition) is 3. The molecule has 0 aliphatic rings. The minimum absolute atomic E-state index is 0.105. The van der Waals surface area contributed by atoms with E-state index in [2.05, 4.69) is 22.8 Å². The number of rotatable bonds is 8. The highest BCUT2D eigenvalue weighted by Crippen LogP contribution is 2.22. The van der Waals surface area contributed by atoms with Crippen LogP contribution in [0.15, 0.2) is 54.6 Å². The highest BCUT2D eigenvalue weighted by molar-refractivity contribution is 5.80. The van der Waals surface area contributed by atoms with Gasteiger partial charge in [0.2, 0.25) is 0 Å². The smallest absolute Gasteiger partial charge is 0.260 e. The quantitative estimate of drug-likeness (QED) is 0.784. The van der Waals surface area contributed by atoms with E-state index in [1.165, 1.54) is 5.56 Å². The maximum atomic E-state index is 12.2. The van der Waals surface area contributed by atoms with Gasteiger partial charge in [0.25, 0.3) is 5.91 Å². The minimum atomic E-state index is -0.536. The van der Waals surface area contributed by atoms with Crippen LogP contribution in [0.4, 0.5) is 0 Å². The first kappa shape index (κ1) is 18.0. The van der Waals surface area contributed by atoms with Crippen molar-refractivity contribution in [1.29, 1.82) is 0 Å². The van der Waals surface area contributed by atoms with Crippen molar-refractivity contribution < 1.29 is 9.53 Å². The Morgan fingerprint density at radius 3 is 2.42 bits per heavy atom. The largest absolute Gasteiger partial charge is 0.481 e. The maximum Gasteiger partial charge on any atom is 0.260 e. The van der Waals surface area contributed by atoms with Crippen molar-refractivity contribution in [2.24, 2.45) is 0 Å². The zero-order chi connectivity index (χ0) is 17.4. The zero-order valence-corrected chi connectivity index (χ0v) is 14.6. The van der Waals surface area contributed by atoms with Crippen LogP contribution in [0, 0.1) is 0 Å². The number of nitrogens with one attached hydrogen (secondary N) is 2. The van der Waals surface area contributed by atoms with E-state index in [0.29, 0.717) is 6.54 Å². The van der Waals surface area contributed by atoms with Gasteiger partial charge in [0, 0.05) is 19.0 Å². The number of para-hydroxylation sites is 1. The number of amides is 1. The fourth-order valence-corrected chi connectivity index (χ4v) is 2.32. The molecule has 0 bridgehead atoms. The van der Waals surface area contributed by atoms with Crippen LogP contribution >= 0.6 is 0 Å². The van der Waals surface area contributed by atoms with Crippen LogP contribution < -0.4 is 15.4 Å². The highest BCUT2D eigenvalue weighted by atomic mass is 16.5. The van der Waals surface area contributed by atoms with Gasteiger partial charge in [-0.15, -0.1) is 0 Å². The second kappa shape index (κ2) is 9.08. The van der Waals surface area contributed by atoms with Gasteiger partial charge >= 0.3 is 0 Å². The van der Waals surface area contributed by atoms with Crippen LogP contribution in [0.3, 0.4) is 0 Å². The number of hydrogen-bond donors (Lipinski definition) is 2. The third-order valence-corrected chi connectivity index (χ3v) is 3.96. The van der Waals surface area contributed by atoms with Crippen LogP contribution in [0.25, 0.3) is 0 Å². The van der Waals surface area contributed by atoms with Gasteiger partial charge in [0.1, 0.15) is 5.75 Å². The second-order valence-corrected chi connectivity index (χ2v) is 5.97. The normalized spacial score (nSPS) is 13.1. The molecule has 0 heterocycles. The lowest BCUT2D eigenvalue weighted by atomic mass is 10.0. The molecule has 1 amide bonds. The second-order valence-electron chi connectivity index (χ2n) is 5.97. The molecule has 2 atom stereocenters. The van der Waals surface area contributed by atoms with E-state index in [0.717, 1.165) is 17.7 Å². The van der Waals surface area contributed by atoms with E-state index < -0.39 is 6.10 Å². The SMILES string of the molecule is CNC(C)CNC(=O)C(C)Oc1ccccc1Cc1ccccc1. The summed E-state index contributed by atoms with van der Waals surface area (Å²) in [7, 11) is 1.87. The first-order chi connectivity index (χ1) is 11.6. The molecule has 4 heteroatoms. The molecule has 0 fully saturated rings. The standard InChI is InChI=1S/C20H26N2O2/c1-15(21-3)14-22-20(23)16(2)24-19-12-8-7-11-18(19)13-17-9-5-4-6-10-17/h4-12,15-16,21H,13-14H2,1-3H3,(H,22,23). The highest BCUT2D eigenvalue weighted by Gasteiger charge is 2.16. The lowest BCUT2D eigenvalue weighted by Crippen LogP contribution is -2.42. The third-order valence-electron chi connectivity index (χ3n) is 3.96. The molecule has 2 aromatic rings. The molecule has 2 aromatic carbocycles. The molecule has 0 saturated heterocycles. The molecule has 2 N–H and O–H groups in total. The van der Waals surface area contributed by atoms with Crippen molar-refractivity contribution in [3.8, 4) is 5.75 Å². The van der Waals surface area contributed by atoms with E-state index >= 15 is 0 Å². The molecule has 24 heavy (non-hydrogen) atoms. The molecule has 4 nitrogen and oxygen atoms in total. The Bertz CT molecular complexity index is 643. The Morgan fingerprint density at radius 2 is 1.71 bits per heavy atom. The molecule has 128 valence electrons. The summed E-state index contributed by atoms with van der Waals surface area (Å²) in [5, 5.41) is 5.99. The van der Waals surface area contributed by atoms with Crippen LogP contribution in [-0.4, -0.2) is 31.6 Å². The molecule has 0 aliphatic heterocycles. The molecule has 0 saturated carbocycles. The molecule has 0 radical (unpaired) electrons. The van der Waals surface area contributed by atoms with Crippen molar-refractivity contribution in [3.05, 3.63) is 65.7 Å². The first-order valence-electron chi connectivity index (χ1n) is 8.33. The number of likely N-dealkylation sites (N-methyl/N-ethyl adjacent to an activating group) is 1. The molecule has 0 aromatic heterocycles. The van der Waals surface area contributed by atoms with E-state index in [1.807, 2.05) is 56.4 Å². The van der Waals surface area contributed by atoms with E-state index in [1.54, 1.807) is 6.92 Å². The van der Waals surface area contributed by atoms with Crippen LogP contribution in [0.5, 0.6) is 5.75 Å². The summed E-state index contributed by atoms with van der Waals surface area (Å²) >= 11 is 0. The zero-order valence-electron chi connectivity index (χ0n) is 14.6. The van der Waals surface area contributed by atoms with Crippen molar-refractivity contribution in [1.82, 2.24) is 10.6 Å². The maximum absolute atomic E-state index is 12.2. The van der Waals surface area contributed by atoms with Gasteiger partial charge in [-0.1, -0.05) is 48.5 Å². The third kappa shape index (κ3) is 5.39. The van der Waals surface area contributed by atoms with E-state index in [9.17, 15) is 4.79 Å². The van der Waals surface area contributed by atoms with E-state index in [-0.39, 0.29) is 11.9 Å². The monoisotopic (exact) mass is 326 g/mol. The summed E-state index contributed by atoms with van der Waals surface area (Å²) in [6.45, 7) is 4.37. The van der Waals surface area contributed by atoms with Gasteiger partial charge in [-0.3, -0.25) is 4.79 Å². The lowest BCUT2D eigenvalue weighted by molar-refractivity contribution is -0.127. The van der Waals surface area contributed by atoms with Crippen LogP contribution in [-0.2, 0) is 11.2 Å². The average molecular weight is 326 g/mol. The van der Waals surface area contributed by atoms with Crippen molar-refractivity contribution >= 4 is 5.91 Å². The summed E-state index contributed by atoms with van der Waals surface area (Å²) in [6, 6.07) is 18.3. The number of benzene rings is 2. The molecule has 0 aliphatic carbocycles. The number of ether oxygens (including phenoxy) is 1. The molecule has 2 unspecified atom stereocenters. The van der Waals surface area contributed by atoms with Gasteiger partial charge < -0.3 is 15.4 Å². The first-order valence-corrected chi connectivity index (χ1v) is 8.33. The lowest BCUT2D eigenvalue weighted by Gasteiger charge is -2.18. The Kier molecular flexibility index (Phi) is 6.82. The predicted molar refractivity (Wildman–Crippen MR) is 97.3 cm³/mol. The Hall–Kier alpha value is -2.33. The summed E-state index contributed by atoms with van der Waals surface area (Å²) in [4.78, 5) is 12.2. The van der Waals surface area contributed by atoms with Gasteiger partial charge in [0.15, 0.2) is 6.10 Å². The number of carbonyl (C=O) groups excluding carboxylic acids is 1. The van der Waals surface area contributed by atoms with Crippen molar-refractivity contribution in [2.45, 2.75) is 32.4 Å². The molecule has 2 rings (SSSR count). The predicted octanol–water partition coefficient (Wildman–Crippen LogP) is 2.77. The van der Waals surface area contributed by atoms with Gasteiger partial charge in [-0.05, 0) is 38.1 Å². The van der Waals surface area contributed by atoms with E-state index in [4.69, 9.17) is 4.74 Å². The Labute approximate surface area is 144 Å². The topological polar surface area (TPSA) is 50.4 Å². The van der Waals surface area contributed by atoms with Gasteiger partial charge in [-0.2, -0.15) is 0 Å². The van der Waals surface area contributed by atoms with Gasteiger partial charge in [-0.25, -0.2) is 0 Å². The van der Waals surface area contributed by atoms with Crippen molar-refractivity contribution in [3.63, 3.8) is 0 Å². The Balaban J connectivity index is 2.00. The molecular formula is C20H26N2O2. The van der Waals surface area contributed by atoms with Crippen LogP contribution in [0.1, 0.15) is 25.0 Å². The molecular weight excluding hydrogens is 300 g/mol. The Morgan fingerprint density at radius 1 is 1.04 bits per heavy atom. The summed E-state index contributed by atoms with van der Waals surface area (Å²) in [5.74, 6) is 0.650. The fourth-order valence-electron chi connectivity index (χ4n) is 2.32. The summed E-state index contributed by atoms with van der Waals surface area (Å²) in [5.41, 5.74) is 2.29. The number of carbonyl (C=O) groups is 1. The van der Waals surface area contributed by atoms with Gasteiger partial charge in [0.05, 0.1) is 0 Å².